The van der Waals surface area contributed by atoms with Crippen molar-refractivity contribution in [1.82, 2.24) is 5.32 Å². The molecule has 4 heteroatoms. The maximum atomic E-state index is 13.6. The van der Waals surface area contributed by atoms with Crippen molar-refractivity contribution in [3.63, 3.8) is 0 Å². The fraction of sp³-hybridized carbons (Fsp3) is 0.400. The summed E-state index contributed by atoms with van der Waals surface area (Å²) < 4.78 is 19.8. The molecule has 0 heterocycles. The summed E-state index contributed by atoms with van der Waals surface area (Å²) in [4.78, 5) is 0. The molecule has 1 aliphatic rings. The molecule has 0 spiro atoms. The van der Waals surface area contributed by atoms with E-state index >= 15 is 0 Å². The first kappa shape index (κ1) is 17.4. The van der Waals surface area contributed by atoms with E-state index in [4.69, 9.17) is 4.74 Å². The fourth-order valence-electron chi connectivity index (χ4n) is 3.57. The third kappa shape index (κ3) is 3.98. The van der Waals surface area contributed by atoms with Gasteiger partial charge in [0, 0.05) is 16.6 Å². The second-order valence-electron chi connectivity index (χ2n) is 6.54. The van der Waals surface area contributed by atoms with Gasteiger partial charge in [0.15, 0.2) is 11.6 Å². The summed E-state index contributed by atoms with van der Waals surface area (Å²) in [5, 5.41) is 3.69. The lowest BCUT2D eigenvalue weighted by molar-refractivity contribution is 0.384. The van der Waals surface area contributed by atoms with Gasteiger partial charge in [0.1, 0.15) is 0 Å². The van der Waals surface area contributed by atoms with Crippen LogP contribution in [0.15, 0.2) is 46.9 Å². The molecule has 0 aliphatic heterocycles. The van der Waals surface area contributed by atoms with E-state index in [0.29, 0.717) is 17.7 Å². The number of hydrogen-bond donors (Lipinski definition) is 1. The molecule has 1 saturated carbocycles. The van der Waals surface area contributed by atoms with Crippen LogP contribution in [-0.4, -0.2) is 13.2 Å². The minimum absolute atomic E-state index is 0.174. The van der Waals surface area contributed by atoms with Gasteiger partial charge in [-0.3, -0.25) is 0 Å². The molecule has 2 aromatic carbocycles. The molecule has 24 heavy (non-hydrogen) atoms. The molecule has 0 amide bonds. The van der Waals surface area contributed by atoms with Crippen LogP contribution in [-0.2, 0) is 0 Å². The summed E-state index contributed by atoms with van der Waals surface area (Å²) in [5.74, 6) is 0.607. The Bertz CT molecular complexity index is 689. The Balaban J connectivity index is 1.61. The van der Waals surface area contributed by atoms with Crippen LogP contribution in [0.1, 0.15) is 49.3 Å². The molecule has 0 aromatic heterocycles. The average Bonchev–Trinajstić information content (AvgIpc) is 3.04. The van der Waals surface area contributed by atoms with E-state index in [-0.39, 0.29) is 11.9 Å². The van der Waals surface area contributed by atoms with Gasteiger partial charge in [0.05, 0.1) is 7.11 Å². The third-order valence-electron chi connectivity index (χ3n) is 4.93. The number of methoxy groups -OCH3 is 1. The van der Waals surface area contributed by atoms with Crippen molar-refractivity contribution >= 4 is 15.9 Å². The van der Waals surface area contributed by atoms with Gasteiger partial charge in [-0.25, -0.2) is 4.39 Å². The first-order valence-corrected chi connectivity index (χ1v) is 9.21. The van der Waals surface area contributed by atoms with Crippen molar-refractivity contribution in [3.05, 3.63) is 63.9 Å². The van der Waals surface area contributed by atoms with Crippen molar-refractivity contribution in [3.8, 4) is 5.75 Å². The molecule has 3 atom stereocenters. The first-order valence-electron chi connectivity index (χ1n) is 8.41. The highest BCUT2D eigenvalue weighted by molar-refractivity contribution is 9.10. The Labute approximate surface area is 151 Å². The highest BCUT2D eigenvalue weighted by Crippen LogP contribution is 2.36. The Morgan fingerprint density at radius 1 is 1.17 bits per heavy atom. The second kappa shape index (κ2) is 7.66. The number of nitrogens with one attached hydrogen (secondary N) is 1. The van der Waals surface area contributed by atoms with Crippen LogP contribution < -0.4 is 10.1 Å². The summed E-state index contributed by atoms with van der Waals surface area (Å²) in [6, 6.07) is 14.4. The molecule has 1 unspecified atom stereocenters. The zero-order chi connectivity index (χ0) is 17.1. The van der Waals surface area contributed by atoms with Gasteiger partial charge in [-0.15, -0.1) is 0 Å². The minimum atomic E-state index is -0.315. The summed E-state index contributed by atoms with van der Waals surface area (Å²) in [5.41, 5.74) is 2.47. The largest absolute Gasteiger partial charge is 0.494 e. The molecule has 1 N–H and O–H groups in total. The molecular weight excluding hydrogens is 369 g/mol. The molecule has 0 radical (unpaired) electrons. The van der Waals surface area contributed by atoms with Crippen LogP contribution in [0.5, 0.6) is 5.75 Å². The summed E-state index contributed by atoms with van der Waals surface area (Å²) in [6.07, 6.45) is 3.52. The Hall–Kier alpha value is -1.39. The smallest absolute Gasteiger partial charge is 0.165 e. The van der Waals surface area contributed by atoms with Crippen molar-refractivity contribution < 1.29 is 9.13 Å². The maximum absolute atomic E-state index is 13.6. The number of rotatable bonds is 5. The molecule has 2 aromatic rings. The molecule has 1 aliphatic carbocycles. The van der Waals surface area contributed by atoms with Crippen LogP contribution in [0.4, 0.5) is 4.39 Å². The van der Waals surface area contributed by atoms with Gasteiger partial charge in [0.2, 0.25) is 0 Å². The maximum Gasteiger partial charge on any atom is 0.165 e. The van der Waals surface area contributed by atoms with Gasteiger partial charge < -0.3 is 10.1 Å². The monoisotopic (exact) mass is 391 g/mol. The Morgan fingerprint density at radius 2 is 1.92 bits per heavy atom. The zero-order valence-corrected chi connectivity index (χ0v) is 15.6. The second-order valence-corrected chi connectivity index (χ2v) is 7.46. The highest BCUT2D eigenvalue weighted by Gasteiger charge is 2.27. The highest BCUT2D eigenvalue weighted by atomic mass is 79.9. The van der Waals surface area contributed by atoms with E-state index < -0.39 is 0 Å². The van der Waals surface area contributed by atoms with Crippen molar-refractivity contribution in [2.24, 2.45) is 0 Å². The van der Waals surface area contributed by atoms with Crippen LogP contribution in [0.2, 0.25) is 0 Å². The summed E-state index contributed by atoms with van der Waals surface area (Å²) in [6.45, 7) is 2.12. The average molecular weight is 392 g/mol. The normalized spacial score (nSPS) is 21.7. The lowest BCUT2D eigenvalue weighted by atomic mass is 9.97. The van der Waals surface area contributed by atoms with Crippen LogP contribution in [0.25, 0.3) is 0 Å². The molecular formula is C20H23BrFNO. The lowest BCUT2D eigenvalue weighted by Crippen LogP contribution is -2.29. The van der Waals surface area contributed by atoms with E-state index in [0.717, 1.165) is 16.5 Å². The SMILES string of the molecule is COc1cc(C(C)N[C@H]2CC[C@@H](c3ccc(Br)cc3)C2)ccc1F. The molecule has 2 nitrogen and oxygen atoms in total. The predicted octanol–water partition coefficient (Wildman–Crippen LogP) is 5.58. The van der Waals surface area contributed by atoms with Crippen molar-refractivity contribution in [1.29, 1.82) is 0 Å². The quantitative estimate of drug-likeness (QED) is 0.717. The Kier molecular flexibility index (Phi) is 5.57. The van der Waals surface area contributed by atoms with Gasteiger partial charge >= 0.3 is 0 Å². The van der Waals surface area contributed by atoms with Crippen LogP contribution in [0, 0.1) is 5.82 Å². The van der Waals surface area contributed by atoms with Gasteiger partial charge in [-0.1, -0.05) is 34.1 Å². The van der Waals surface area contributed by atoms with Crippen molar-refractivity contribution in [2.45, 2.75) is 44.2 Å². The fourth-order valence-corrected chi connectivity index (χ4v) is 3.83. The molecule has 128 valence electrons. The summed E-state index contributed by atoms with van der Waals surface area (Å²) in [7, 11) is 1.50. The van der Waals surface area contributed by atoms with E-state index in [1.165, 1.54) is 31.6 Å². The molecule has 1 fully saturated rings. The van der Waals surface area contributed by atoms with Crippen LogP contribution >= 0.6 is 15.9 Å². The number of halogens is 2. The molecule has 0 bridgehead atoms. The van der Waals surface area contributed by atoms with Gasteiger partial charge in [-0.05, 0) is 67.5 Å². The number of benzene rings is 2. The topological polar surface area (TPSA) is 21.3 Å². The number of ether oxygens (including phenoxy) is 1. The third-order valence-corrected chi connectivity index (χ3v) is 5.46. The molecule has 3 rings (SSSR count). The van der Waals surface area contributed by atoms with E-state index in [2.05, 4.69) is 52.4 Å². The lowest BCUT2D eigenvalue weighted by Gasteiger charge is -2.21. The van der Waals surface area contributed by atoms with Gasteiger partial charge in [-0.2, -0.15) is 0 Å². The first-order chi connectivity index (χ1) is 11.6. The van der Waals surface area contributed by atoms with E-state index in [1.807, 2.05) is 6.07 Å². The van der Waals surface area contributed by atoms with Crippen LogP contribution in [0.3, 0.4) is 0 Å². The summed E-state index contributed by atoms with van der Waals surface area (Å²) >= 11 is 3.49. The standard InChI is InChI=1S/C20H23BrFNO/c1-13(15-6-10-19(22)20(12-15)24-2)23-18-9-5-16(11-18)14-3-7-17(21)8-4-14/h3-4,6-8,10,12-13,16,18,23H,5,9,11H2,1-2H3/t13?,16-,18+/m1/s1. The van der Waals surface area contributed by atoms with Gasteiger partial charge in [0.25, 0.3) is 0 Å². The van der Waals surface area contributed by atoms with Crippen molar-refractivity contribution in [2.75, 3.05) is 7.11 Å². The van der Waals surface area contributed by atoms with E-state index in [9.17, 15) is 4.39 Å². The minimum Gasteiger partial charge on any atom is -0.494 e. The number of hydrogen-bond acceptors (Lipinski definition) is 2. The predicted molar refractivity (Wildman–Crippen MR) is 99.0 cm³/mol. The van der Waals surface area contributed by atoms with E-state index in [1.54, 1.807) is 6.07 Å². The zero-order valence-electron chi connectivity index (χ0n) is 14.1. The Morgan fingerprint density at radius 3 is 2.62 bits per heavy atom. The molecule has 0 saturated heterocycles.